The summed E-state index contributed by atoms with van der Waals surface area (Å²) in [7, 11) is 0. The fourth-order valence-corrected chi connectivity index (χ4v) is 1.85. The molecule has 2 rings (SSSR count). The van der Waals surface area contributed by atoms with E-state index in [-0.39, 0.29) is 6.04 Å². The predicted octanol–water partition coefficient (Wildman–Crippen LogP) is 1.91. The molecule has 0 radical (unpaired) electrons. The lowest BCUT2D eigenvalue weighted by Crippen LogP contribution is -2.29. The van der Waals surface area contributed by atoms with Crippen molar-refractivity contribution >= 4 is 17.1 Å². The van der Waals surface area contributed by atoms with Gasteiger partial charge in [-0.25, -0.2) is 9.59 Å². The van der Waals surface area contributed by atoms with Crippen molar-refractivity contribution in [3.63, 3.8) is 0 Å². The Morgan fingerprint density at radius 3 is 2.31 bits per heavy atom. The molecule has 1 heterocycles. The summed E-state index contributed by atoms with van der Waals surface area (Å²) < 4.78 is 2.25. The molecule has 0 saturated carbocycles. The zero-order valence-corrected chi connectivity index (χ0v) is 9.04. The lowest BCUT2D eigenvalue weighted by molar-refractivity contribution is 0.196. The molecule has 0 spiro atoms. The molecule has 0 unspecified atom stereocenters. The summed E-state index contributed by atoms with van der Waals surface area (Å²) in [6.07, 6.45) is -1.25. The van der Waals surface area contributed by atoms with E-state index in [1.807, 2.05) is 13.8 Å². The zero-order chi connectivity index (χ0) is 11.9. The van der Waals surface area contributed by atoms with Crippen LogP contribution in [-0.4, -0.2) is 20.3 Å². The molecule has 0 fully saturated rings. The molecule has 0 aliphatic heterocycles. The Balaban J connectivity index is 2.97. The van der Waals surface area contributed by atoms with Crippen molar-refractivity contribution in [3.05, 3.63) is 34.7 Å². The number of hydrogen-bond acceptors (Lipinski definition) is 2. The number of carbonyl (C=O) groups is 1. The van der Waals surface area contributed by atoms with Crippen LogP contribution >= 0.6 is 0 Å². The highest BCUT2D eigenvalue weighted by Crippen LogP contribution is 2.16. The van der Waals surface area contributed by atoms with Crippen LogP contribution < -0.4 is 5.69 Å². The Hall–Kier alpha value is -2.04. The van der Waals surface area contributed by atoms with E-state index in [2.05, 4.69) is 0 Å². The first-order chi connectivity index (χ1) is 7.54. The van der Waals surface area contributed by atoms with Gasteiger partial charge in [-0.2, -0.15) is 4.57 Å². The quantitative estimate of drug-likeness (QED) is 0.798. The van der Waals surface area contributed by atoms with Crippen LogP contribution in [0.5, 0.6) is 0 Å². The van der Waals surface area contributed by atoms with Crippen molar-refractivity contribution in [3.8, 4) is 0 Å². The summed E-state index contributed by atoms with van der Waals surface area (Å²) in [6, 6.07) is 6.80. The average Bonchev–Trinajstić information content (AvgIpc) is 2.49. The zero-order valence-electron chi connectivity index (χ0n) is 9.04. The van der Waals surface area contributed by atoms with Crippen molar-refractivity contribution in [2.45, 2.75) is 19.9 Å². The minimum Gasteiger partial charge on any atom is -0.464 e. The lowest BCUT2D eigenvalue weighted by Gasteiger charge is -2.05. The number of para-hydroxylation sites is 2. The second-order valence-corrected chi connectivity index (χ2v) is 3.85. The van der Waals surface area contributed by atoms with E-state index in [9.17, 15) is 9.59 Å². The molecule has 0 aliphatic rings. The number of imidazole rings is 1. The molecule has 0 atom stereocenters. The van der Waals surface area contributed by atoms with Gasteiger partial charge in [0.05, 0.1) is 11.0 Å². The van der Waals surface area contributed by atoms with E-state index in [1.165, 1.54) is 4.57 Å². The van der Waals surface area contributed by atoms with Gasteiger partial charge in [0.25, 0.3) is 0 Å². The third-order valence-corrected chi connectivity index (χ3v) is 2.49. The molecule has 1 N–H and O–H groups in total. The molecule has 84 valence electrons. The summed E-state index contributed by atoms with van der Waals surface area (Å²) in [5.41, 5.74) is 0.558. The topological polar surface area (TPSA) is 64.2 Å². The van der Waals surface area contributed by atoms with Gasteiger partial charge in [-0.15, -0.1) is 0 Å². The standard InChI is InChI=1S/C11H12N2O3/c1-7(2)12-8-5-3-4-6-9(8)13(10(12)14)11(15)16/h3-7H,1-2H3,(H,15,16). The Morgan fingerprint density at radius 2 is 1.81 bits per heavy atom. The molecule has 1 aromatic carbocycles. The van der Waals surface area contributed by atoms with E-state index < -0.39 is 11.8 Å². The number of rotatable bonds is 1. The second-order valence-electron chi connectivity index (χ2n) is 3.85. The molecule has 0 saturated heterocycles. The molecule has 1 aromatic heterocycles. The van der Waals surface area contributed by atoms with Crippen LogP contribution in [0.25, 0.3) is 11.0 Å². The maximum atomic E-state index is 11.9. The molecule has 16 heavy (non-hydrogen) atoms. The summed E-state index contributed by atoms with van der Waals surface area (Å²) in [6.45, 7) is 3.69. The Labute approximate surface area is 91.5 Å². The SMILES string of the molecule is CC(C)n1c(=O)n(C(=O)O)c2ccccc21. The third kappa shape index (κ3) is 1.32. The normalized spacial score (nSPS) is 11.2. The molecular weight excluding hydrogens is 208 g/mol. The highest BCUT2D eigenvalue weighted by atomic mass is 16.4. The Morgan fingerprint density at radius 1 is 1.25 bits per heavy atom. The fraction of sp³-hybridized carbons (Fsp3) is 0.273. The van der Waals surface area contributed by atoms with Crippen LogP contribution in [0, 0.1) is 0 Å². The molecule has 0 aliphatic carbocycles. The van der Waals surface area contributed by atoms with Gasteiger partial charge in [-0.1, -0.05) is 12.1 Å². The number of hydrogen-bond donors (Lipinski definition) is 1. The van der Waals surface area contributed by atoms with Gasteiger partial charge in [0.2, 0.25) is 0 Å². The van der Waals surface area contributed by atoms with Crippen molar-refractivity contribution in [2.24, 2.45) is 0 Å². The first kappa shape index (κ1) is 10.5. The summed E-state index contributed by atoms with van der Waals surface area (Å²) in [4.78, 5) is 22.9. The van der Waals surface area contributed by atoms with Gasteiger partial charge in [0.1, 0.15) is 0 Å². The summed E-state index contributed by atoms with van der Waals surface area (Å²) in [5.74, 6) is 0. The minimum absolute atomic E-state index is 0.0713. The van der Waals surface area contributed by atoms with Crippen LogP contribution in [0.2, 0.25) is 0 Å². The number of carboxylic acid groups (broad SMARTS) is 1. The van der Waals surface area contributed by atoms with Crippen LogP contribution in [0.1, 0.15) is 19.9 Å². The molecule has 0 amide bonds. The van der Waals surface area contributed by atoms with E-state index in [4.69, 9.17) is 5.11 Å². The van der Waals surface area contributed by atoms with Gasteiger partial charge in [0, 0.05) is 6.04 Å². The number of benzene rings is 1. The van der Waals surface area contributed by atoms with Gasteiger partial charge >= 0.3 is 11.8 Å². The number of aromatic nitrogens is 2. The van der Waals surface area contributed by atoms with Crippen molar-refractivity contribution < 1.29 is 9.90 Å². The van der Waals surface area contributed by atoms with Crippen LogP contribution in [0.4, 0.5) is 4.79 Å². The minimum atomic E-state index is -1.25. The van der Waals surface area contributed by atoms with Gasteiger partial charge in [-0.05, 0) is 26.0 Å². The third-order valence-electron chi connectivity index (χ3n) is 2.49. The van der Waals surface area contributed by atoms with Crippen molar-refractivity contribution in [1.82, 2.24) is 9.13 Å². The maximum Gasteiger partial charge on any atom is 0.420 e. The molecule has 5 heteroatoms. The molecule has 2 aromatic rings. The summed E-state index contributed by atoms with van der Waals surface area (Å²) in [5, 5.41) is 9.01. The Kier molecular flexibility index (Phi) is 2.30. The maximum absolute atomic E-state index is 11.9. The molecule has 0 bridgehead atoms. The average molecular weight is 220 g/mol. The van der Waals surface area contributed by atoms with Crippen LogP contribution in [-0.2, 0) is 0 Å². The van der Waals surface area contributed by atoms with E-state index in [0.29, 0.717) is 11.0 Å². The first-order valence-electron chi connectivity index (χ1n) is 4.99. The van der Waals surface area contributed by atoms with Crippen LogP contribution in [0.15, 0.2) is 29.1 Å². The van der Waals surface area contributed by atoms with Gasteiger partial charge in [0.15, 0.2) is 0 Å². The fourth-order valence-electron chi connectivity index (χ4n) is 1.85. The largest absolute Gasteiger partial charge is 0.464 e. The molecule has 5 nitrogen and oxygen atoms in total. The lowest BCUT2D eigenvalue weighted by atomic mass is 10.3. The van der Waals surface area contributed by atoms with Crippen molar-refractivity contribution in [1.29, 1.82) is 0 Å². The number of nitrogens with zero attached hydrogens (tertiary/aromatic N) is 2. The second kappa shape index (κ2) is 3.52. The number of fused-ring (bicyclic) bond motifs is 1. The Bertz CT molecular complexity index is 607. The van der Waals surface area contributed by atoms with Crippen molar-refractivity contribution in [2.75, 3.05) is 0 Å². The van der Waals surface area contributed by atoms with E-state index in [0.717, 1.165) is 4.57 Å². The molecular formula is C11H12N2O3. The van der Waals surface area contributed by atoms with Gasteiger partial charge < -0.3 is 5.11 Å². The highest BCUT2D eigenvalue weighted by molar-refractivity contribution is 5.86. The smallest absolute Gasteiger partial charge is 0.420 e. The summed E-state index contributed by atoms with van der Waals surface area (Å²) >= 11 is 0. The van der Waals surface area contributed by atoms with Gasteiger partial charge in [-0.3, -0.25) is 4.57 Å². The predicted molar refractivity (Wildman–Crippen MR) is 60.0 cm³/mol. The van der Waals surface area contributed by atoms with E-state index >= 15 is 0 Å². The first-order valence-corrected chi connectivity index (χ1v) is 4.99. The van der Waals surface area contributed by atoms with E-state index in [1.54, 1.807) is 24.3 Å². The highest BCUT2D eigenvalue weighted by Gasteiger charge is 2.18. The van der Waals surface area contributed by atoms with Crippen LogP contribution in [0.3, 0.4) is 0 Å². The monoisotopic (exact) mass is 220 g/mol.